The van der Waals surface area contributed by atoms with Crippen LogP contribution in [0, 0.1) is 0 Å². The van der Waals surface area contributed by atoms with Gasteiger partial charge in [0.25, 0.3) is 0 Å². The number of rotatable bonds is 11. The topological polar surface area (TPSA) is 105 Å². The summed E-state index contributed by atoms with van der Waals surface area (Å²) in [6.07, 6.45) is -1.22. The molecule has 8 heteroatoms. The van der Waals surface area contributed by atoms with E-state index >= 15 is 0 Å². The van der Waals surface area contributed by atoms with Gasteiger partial charge in [-0.25, -0.2) is 9.59 Å². The molecule has 0 saturated heterocycles. The van der Waals surface area contributed by atoms with Gasteiger partial charge in [-0.3, -0.25) is 4.79 Å². The number of nitrogens with zero attached hydrogens (tertiary/aromatic N) is 1. The number of carboxylic acid groups (broad SMARTS) is 1. The van der Waals surface area contributed by atoms with Gasteiger partial charge in [0.1, 0.15) is 12.6 Å². The first kappa shape index (κ1) is 25.2. The minimum Gasteiger partial charge on any atom is -0.480 e. The summed E-state index contributed by atoms with van der Waals surface area (Å²) >= 11 is 0. The molecule has 0 bridgehead atoms. The Morgan fingerprint density at radius 2 is 1.62 bits per heavy atom. The van der Waals surface area contributed by atoms with E-state index in [0.717, 1.165) is 22.3 Å². The summed E-state index contributed by atoms with van der Waals surface area (Å²) in [6, 6.07) is 15.3. The average Bonchev–Trinajstić information content (AvgIpc) is 3.15. The minimum absolute atomic E-state index is 0.0387. The fourth-order valence-electron chi connectivity index (χ4n) is 4.38. The molecule has 3 rings (SSSR count). The standard InChI is InChI=1S/C26H32N2O6/c1-4-28(17(3)25(30)31)24(29)14-18(33-5-2)15-27-26(32)34-16-23-21-12-8-6-10-19(21)20-11-7-9-13-22(20)23/h6-13,17-18,23H,4-5,14-16H2,1-3H3,(H,27,32)(H,30,31). The number of aliphatic carboxylic acids is 1. The molecule has 2 N–H and O–H groups in total. The highest BCUT2D eigenvalue weighted by Crippen LogP contribution is 2.44. The molecular formula is C26H32N2O6. The van der Waals surface area contributed by atoms with E-state index in [1.165, 1.54) is 11.8 Å². The highest BCUT2D eigenvalue weighted by molar-refractivity contribution is 5.83. The molecule has 2 amide bonds. The van der Waals surface area contributed by atoms with Crippen molar-refractivity contribution in [1.29, 1.82) is 0 Å². The van der Waals surface area contributed by atoms with Crippen LogP contribution < -0.4 is 5.32 Å². The van der Waals surface area contributed by atoms with Crippen molar-refractivity contribution in [2.24, 2.45) is 0 Å². The number of ether oxygens (including phenoxy) is 2. The molecule has 0 fully saturated rings. The van der Waals surface area contributed by atoms with Crippen molar-refractivity contribution in [1.82, 2.24) is 10.2 Å². The number of hydrogen-bond donors (Lipinski definition) is 2. The van der Waals surface area contributed by atoms with Crippen molar-refractivity contribution in [3.8, 4) is 11.1 Å². The van der Waals surface area contributed by atoms with Crippen molar-refractivity contribution in [2.75, 3.05) is 26.3 Å². The van der Waals surface area contributed by atoms with Crippen LogP contribution in [-0.2, 0) is 19.1 Å². The third-order valence-corrected chi connectivity index (χ3v) is 6.11. The lowest BCUT2D eigenvalue weighted by molar-refractivity contribution is -0.150. The molecule has 2 atom stereocenters. The van der Waals surface area contributed by atoms with Crippen LogP contribution in [0.25, 0.3) is 11.1 Å². The van der Waals surface area contributed by atoms with E-state index < -0.39 is 24.2 Å². The zero-order chi connectivity index (χ0) is 24.7. The number of carbonyl (C=O) groups is 3. The molecule has 2 aromatic rings. The second kappa shape index (κ2) is 11.7. The lowest BCUT2D eigenvalue weighted by Crippen LogP contribution is -2.45. The second-order valence-electron chi connectivity index (χ2n) is 8.18. The first-order valence-electron chi connectivity index (χ1n) is 11.6. The van der Waals surface area contributed by atoms with Crippen LogP contribution in [0.5, 0.6) is 0 Å². The molecule has 2 aromatic carbocycles. The average molecular weight is 469 g/mol. The number of fused-ring (bicyclic) bond motifs is 3. The van der Waals surface area contributed by atoms with Crippen molar-refractivity contribution >= 4 is 18.0 Å². The molecule has 0 radical (unpaired) electrons. The lowest BCUT2D eigenvalue weighted by atomic mass is 9.98. The van der Waals surface area contributed by atoms with Gasteiger partial charge in [0, 0.05) is 25.6 Å². The van der Waals surface area contributed by atoms with Crippen LogP contribution in [0.3, 0.4) is 0 Å². The Morgan fingerprint density at radius 3 is 2.15 bits per heavy atom. The number of hydrogen-bond acceptors (Lipinski definition) is 5. The molecular weight excluding hydrogens is 436 g/mol. The fraction of sp³-hybridized carbons (Fsp3) is 0.423. The summed E-state index contributed by atoms with van der Waals surface area (Å²) in [7, 11) is 0. The summed E-state index contributed by atoms with van der Waals surface area (Å²) in [5, 5.41) is 11.9. The normalized spacial score (nSPS) is 14.0. The van der Waals surface area contributed by atoms with Crippen LogP contribution in [0.15, 0.2) is 48.5 Å². The van der Waals surface area contributed by atoms with E-state index in [2.05, 4.69) is 29.6 Å². The molecule has 1 aliphatic rings. The molecule has 34 heavy (non-hydrogen) atoms. The maximum absolute atomic E-state index is 12.6. The van der Waals surface area contributed by atoms with Crippen LogP contribution in [0.4, 0.5) is 4.79 Å². The lowest BCUT2D eigenvalue weighted by Gasteiger charge is -2.27. The van der Waals surface area contributed by atoms with Gasteiger partial charge in [-0.1, -0.05) is 48.5 Å². The molecule has 2 unspecified atom stereocenters. The molecule has 182 valence electrons. The van der Waals surface area contributed by atoms with Crippen LogP contribution >= 0.6 is 0 Å². The summed E-state index contributed by atoms with van der Waals surface area (Å²) < 4.78 is 11.1. The number of carboxylic acids is 1. The predicted molar refractivity (Wildman–Crippen MR) is 128 cm³/mol. The van der Waals surface area contributed by atoms with Crippen molar-refractivity contribution in [2.45, 2.75) is 45.3 Å². The van der Waals surface area contributed by atoms with Gasteiger partial charge in [-0.15, -0.1) is 0 Å². The Labute approximate surface area is 199 Å². The number of nitrogens with one attached hydrogen (secondary N) is 1. The number of amides is 2. The predicted octanol–water partition coefficient (Wildman–Crippen LogP) is 3.64. The Kier molecular flexibility index (Phi) is 8.65. The van der Waals surface area contributed by atoms with E-state index in [-0.39, 0.29) is 37.9 Å². The molecule has 0 aliphatic heterocycles. The quantitative estimate of drug-likeness (QED) is 0.522. The first-order chi connectivity index (χ1) is 16.4. The third kappa shape index (κ3) is 5.75. The van der Waals surface area contributed by atoms with Crippen LogP contribution in [0.1, 0.15) is 44.2 Å². The second-order valence-corrected chi connectivity index (χ2v) is 8.18. The Bertz CT molecular complexity index is 978. The Balaban J connectivity index is 1.56. The van der Waals surface area contributed by atoms with Gasteiger partial charge in [-0.2, -0.15) is 0 Å². The summed E-state index contributed by atoms with van der Waals surface area (Å²) in [5.41, 5.74) is 4.55. The fourth-order valence-corrected chi connectivity index (χ4v) is 4.38. The van der Waals surface area contributed by atoms with Crippen molar-refractivity contribution in [3.05, 3.63) is 59.7 Å². The number of carbonyl (C=O) groups excluding carboxylic acids is 2. The SMILES string of the molecule is CCOC(CNC(=O)OCC1c2ccccc2-c2ccccc21)CC(=O)N(CC)C(C)C(=O)O. The number of benzene rings is 2. The Morgan fingerprint density at radius 1 is 1.03 bits per heavy atom. The molecule has 0 saturated carbocycles. The van der Waals surface area contributed by atoms with Gasteiger partial charge >= 0.3 is 12.1 Å². The van der Waals surface area contributed by atoms with E-state index in [4.69, 9.17) is 9.47 Å². The highest BCUT2D eigenvalue weighted by Gasteiger charge is 2.30. The monoisotopic (exact) mass is 468 g/mol. The van der Waals surface area contributed by atoms with Gasteiger partial charge < -0.3 is 24.8 Å². The van der Waals surface area contributed by atoms with Gasteiger partial charge in [0.15, 0.2) is 0 Å². The molecule has 0 heterocycles. The van der Waals surface area contributed by atoms with E-state index in [1.807, 2.05) is 24.3 Å². The maximum atomic E-state index is 12.6. The largest absolute Gasteiger partial charge is 0.480 e. The van der Waals surface area contributed by atoms with Crippen molar-refractivity contribution < 1.29 is 29.0 Å². The summed E-state index contributed by atoms with van der Waals surface area (Å²) in [4.78, 5) is 37.6. The Hall–Kier alpha value is -3.39. The van der Waals surface area contributed by atoms with Crippen LogP contribution in [0.2, 0.25) is 0 Å². The van der Waals surface area contributed by atoms with E-state index in [1.54, 1.807) is 13.8 Å². The molecule has 0 aromatic heterocycles. The van der Waals surface area contributed by atoms with Crippen LogP contribution in [-0.4, -0.2) is 66.4 Å². The smallest absolute Gasteiger partial charge is 0.407 e. The first-order valence-corrected chi connectivity index (χ1v) is 11.6. The number of likely N-dealkylation sites (N-methyl/N-ethyl adjacent to an activating group) is 1. The molecule has 1 aliphatic carbocycles. The highest BCUT2D eigenvalue weighted by atomic mass is 16.5. The van der Waals surface area contributed by atoms with Gasteiger partial charge in [0.05, 0.1) is 12.5 Å². The molecule has 0 spiro atoms. The van der Waals surface area contributed by atoms with Gasteiger partial charge in [0.2, 0.25) is 5.91 Å². The summed E-state index contributed by atoms with van der Waals surface area (Å²) in [5.74, 6) is -1.46. The molecule has 8 nitrogen and oxygen atoms in total. The summed E-state index contributed by atoms with van der Waals surface area (Å²) in [6.45, 7) is 5.88. The zero-order valence-electron chi connectivity index (χ0n) is 19.8. The minimum atomic E-state index is -1.07. The third-order valence-electron chi connectivity index (χ3n) is 6.11. The van der Waals surface area contributed by atoms with E-state index in [0.29, 0.717) is 6.61 Å². The maximum Gasteiger partial charge on any atom is 0.407 e. The number of alkyl carbamates (subject to hydrolysis) is 1. The zero-order valence-corrected chi connectivity index (χ0v) is 19.8. The van der Waals surface area contributed by atoms with E-state index in [9.17, 15) is 19.5 Å². The van der Waals surface area contributed by atoms with Gasteiger partial charge in [-0.05, 0) is 43.0 Å². The van der Waals surface area contributed by atoms with Crippen molar-refractivity contribution in [3.63, 3.8) is 0 Å².